The number of anilines is 1. The highest BCUT2D eigenvalue weighted by Crippen LogP contribution is 2.33. The van der Waals surface area contributed by atoms with Crippen LogP contribution in [0.5, 0.6) is 0 Å². The van der Waals surface area contributed by atoms with Crippen molar-refractivity contribution in [1.29, 1.82) is 0 Å². The fraction of sp³-hybridized carbons (Fsp3) is 0.471. The summed E-state index contributed by atoms with van der Waals surface area (Å²) in [4.78, 5) is 38.0. The minimum absolute atomic E-state index is 0.0133. The first kappa shape index (κ1) is 18.0. The van der Waals surface area contributed by atoms with Gasteiger partial charge in [0.1, 0.15) is 5.54 Å². The molecule has 2 fully saturated rings. The van der Waals surface area contributed by atoms with Gasteiger partial charge in [-0.3, -0.25) is 14.5 Å². The van der Waals surface area contributed by atoms with Gasteiger partial charge in [0.2, 0.25) is 5.91 Å². The predicted molar refractivity (Wildman–Crippen MR) is 95.8 cm³/mol. The number of carbonyl (C=O) groups is 3. The lowest BCUT2D eigenvalue weighted by Gasteiger charge is -2.30. The Morgan fingerprint density at radius 3 is 2.40 bits per heavy atom. The lowest BCUT2D eigenvalue weighted by atomic mass is 9.82. The maximum atomic E-state index is 12.6. The number of halogens is 2. The van der Waals surface area contributed by atoms with Crippen LogP contribution < -0.4 is 10.6 Å². The molecule has 2 N–H and O–H groups in total. The average Bonchev–Trinajstić information content (AvgIpc) is 2.75. The van der Waals surface area contributed by atoms with Crippen LogP contribution in [0.1, 0.15) is 38.5 Å². The second-order valence-corrected chi connectivity index (χ2v) is 7.36. The fourth-order valence-electron chi connectivity index (χ4n) is 3.44. The summed E-state index contributed by atoms with van der Waals surface area (Å²) in [6, 6.07) is 4.31. The Hall–Kier alpha value is -1.79. The van der Waals surface area contributed by atoms with E-state index in [1.54, 1.807) is 18.2 Å². The van der Waals surface area contributed by atoms with Gasteiger partial charge in [0, 0.05) is 28.7 Å². The first-order valence-electron chi connectivity index (χ1n) is 8.30. The first-order valence-corrected chi connectivity index (χ1v) is 9.05. The largest absolute Gasteiger partial charge is 0.326 e. The lowest BCUT2D eigenvalue weighted by Crippen LogP contribution is -2.48. The van der Waals surface area contributed by atoms with Crippen molar-refractivity contribution in [3.63, 3.8) is 0 Å². The van der Waals surface area contributed by atoms with Gasteiger partial charge in [0.15, 0.2) is 0 Å². The van der Waals surface area contributed by atoms with E-state index in [0.717, 1.165) is 24.2 Å². The number of rotatable bonds is 4. The molecule has 0 atom stereocenters. The van der Waals surface area contributed by atoms with Crippen LogP contribution in [0, 0.1) is 0 Å². The monoisotopic (exact) mass is 383 g/mol. The molecule has 1 aromatic rings. The number of hydrogen-bond acceptors (Lipinski definition) is 3. The predicted octanol–water partition coefficient (Wildman–Crippen LogP) is 3.58. The van der Waals surface area contributed by atoms with Crippen LogP contribution in [0.2, 0.25) is 10.0 Å². The molecule has 1 spiro atoms. The highest BCUT2D eigenvalue weighted by atomic mass is 35.5. The summed E-state index contributed by atoms with van der Waals surface area (Å²) in [7, 11) is 0. The maximum absolute atomic E-state index is 12.6. The van der Waals surface area contributed by atoms with Gasteiger partial charge < -0.3 is 10.6 Å². The average molecular weight is 384 g/mol. The van der Waals surface area contributed by atoms with Crippen molar-refractivity contribution in [2.45, 2.75) is 44.1 Å². The molecule has 1 heterocycles. The van der Waals surface area contributed by atoms with E-state index in [1.165, 1.54) is 0 Å². The smallest absolute Gasteiger partial charge is 0.325 e. The highest BCUT2D eigenvalue weighted by Gasteiger charge is 2.50. The number of benzene rings is 1. The van der Waals surface area contributed by atoms with Gasteiger partial charge in [-0.05, 0) is 31.0 Å². The molecular formula is C17H19Cl2N3O3. The summed E-state index contributed by atoms with van der Waals surface area (Å²) in [6.45, 7) is 0.0482. The number of nitrogens with zero attached hydrogens (tertiary/aromatic N) is 1. The minimum Gasteiger partial charge on any atom is -0.326 e. The van der Waals surface area contributed by atoms with Gasteiger partial charge in [-0.15, -0.1) is 0 Å². The minimum atomic E-state index is -0.758. The summed E-state index contributed by atoms with van der Waals surface area (Å²) in [5.41, 5.74) is -0.282. The molecule has 1 aromatic carbocycles. The Morgan fingerprint density at radius 1 is 1.12 bits per heavy atom. The quantitative estimate of drug-likeness (QED) is 0.779. The summed E-state index contributed by atoms with van der Waals surface area (Å²) in [5.74, 6) is -0.528. The molecular weight excluding hydrogens is 365 g/mol. The number of urea groups is 1. The van der Waals surface area contributed by atoms with Gasteiger partial charge in [0.25, 0.3) is 5.91 Å². The third-order valence-electron chi connectivity index (χ3n) is 4.66. The van der Waals surface area contributed by atoms with Crippen LogP contribution in [0.25, 0.3) is 0 Å². The van der Waals surface area contributed by atoms with E-state index in [9.17, 15) is 14.4 Å². The Morgan fingerprint density at radius 2 is 1.76 bits per heavy atom. The van der Waals surface area contributed by atoms with Crippen molar-refractivity contribution in [3.8, 4) is 0 Å². The molecule has 0 unspecified atom stereocenters. The zero-order chi connectivity index (χ0) is 18.0. The van der Waals surface area contributed by atoms with Crippen molar-refractivity contribution >= 4 is 46.7 Å². The molecule has 3 rings (SSSR count). The fourth-order valence-corrected chi connectivity index (χ4v) is 3.96. The molecule has 0 aromatic heterocycles. The molecule has 4 amide bonds. The Labute approximate surface area is 155 Å². The van der Waals surface area contributed by atoms with E-state index >= 15 is 0 Å². The third-order valence-corrected chi connectivity index (χ3v) is 5.10. The number of carbonyl (C=O) groups excluding carboxylic acids is 3. The molecule has 8 heteroatoms. The van der Waals surface area contributed by atoms with Crippen molar-refractivity contribution in [1.82, 2.24) is 10.2 Å². The Bertz CT molecular complexity index is 697. The van der Waals surface area contributed by atoms with E-state index in [4.69, 9.17) is 23.2 Å². The summed E-state index contributed by atoms with van der Waals surface area (Å²) in [5, 5.41) is 6.33. The zero-order valence-electron chi connectivity index (χ0n) is 13.6. The molecule has 25 heavy (non-hydrogen) atoms. The van der Waals surface area contributed by atoms with Crippen LogP contribution in [-0.4, -0.2) is 34.8 Å². The van der Waals surface area contributed by atoms with Crippen molar-refractivity contribution in [3.05, 3.63) is 28.2 Å². The third kappa shape index (κ3) is 3.90. The summed E-state index contributed by atoms with van der Waals surface area (Å²) in [6.07, 6.45) is 4.28. The molecule has 0 radical (unpaired) electrons. The van der Waals surface area contributed by atoms with Crippen LogP contribution in [-0.2, 0) is 9.59 Å². The second-order valence-electron chi connectivity index (χ2n) is 6.49. The zero-order valence-corrected chi connectivity index (χ0v) is 15.1. The number of amides is 4. The molecule has 1 saturated carbocycles. The van der Waals surface area contributed by atoms with Crippen LogP contribution in [0.4, 0.5) is 10.5 Å². The van der Waals surface area contributed by atoms with E-state index in [1.807, 2.05) is 0 Å². The molecule has 2 aliphatic rings. The molecule has 6 nitrogen and oxygen atoms in total. The first-order chi connectivity index (χ1) is 11.9. The van der Waals surface area contributed by atoms with Gasteiger partial charge >= 0.3 is 6.03 Å². The topological polar surface area (TPSA) is 78.5 Å². The molecule has 134 valence electrons. The van der Waals surface area contributed by atoms with Crippen molar-refractivity contribution < 1.29 is 14.4 Å². The summed E-state index contributed by atoms with van der Waals surface area (Å²) >= 11 is 11.8. The Balaban J connectivity index is 1.58. The van der Waals surface area contributed by atoms with Crippen LogP contribution in [0.15, 0.2) is 18.2 Å². The number of nitrogens with one attached hydrogen (secondary N) is 2. The number of hydrogen-bond donors (Lipinski definition) is 2. The van der Waals surface area contributed by atoms with Crippen LogP contribution >= 0.6 is 23.2 Å². The maximum Gasteiger partial charge on any atom is 0.325 e. The SMILES string of the molecule is O=C(CCN1C(=O)NC2(CCCCC2)C1=O)Nc1cc(Cl)cc(Cl)c1. The highest BCUT2D eigenvalue weighted by molar-refractivity contribution is 6.35. The Kier molecular flexibility index (Phi) is 5.20. The molecule has 1 saturated heterocycles. The van der Waals surface area contributed by atoms with Gasteiger partial charge in [-0.2, -0.15) is 0 Å². The standard InChI is InChI=1S/C17H19Cl2N3O3/c18-11-8-12(19)10-13(9-11)20-14(23)4-7-22-15(24)17(21-16(22)25)5-2-1-3-6-17/h8-10H,1-7H2,(H,20,23)(H,21,25). The molecule has 1 aliphatic carbocycles. The second kappa shape index (κ2) is 7.22. The molecule has 0 bridgehead atoms. The molecule has 1 aliphatic heterocycles. The van der Waals surface area contributed by atoms with Gasteiger partial charge in [-0.25, -0.2) is 4.79 Å². The van der Waals surface area contributed by atoms with Crippen molar-refractivity contribution in [2.75, 3.05) is 11.9 Å². The van der Waals surface area contributed by atoms with E-state index in [2.05, 4.69) is 10.6 Å². The lowest BCUT2D eigenvalue weighted by molar-refractivity contribution is -0.132. The number of imide groups is 1. The van der Waals surface area contributed by atoms with Crippen LogP contribution in [0.3, 0.4) is 0 Å². The van der Waals surface area contributed by atoms with Gasteiger partial charge in [0.05, 0.1) is 0 Å². The van der Waals surface area contributed by atoms with E-state index in [-0.39, 0.29) is 24.8 Å². The van der Waals surface area contributed by atoms with Gasteiger partial charge in [-0.1, -0.05) is 42.5 Å². The van der Waals surface area contributed by atoms with Crippen molar-refractivity contribution in [2.24, 2.45) is 0 Å². The van der Waals surface area contributed by atoms with E-state index in [0.29, 0.717) is 28.6 Å². The normalized spacial score (nSPS) is 19.2. The summed E-state index contributed by atoms with van der Waals surface area (Å²) < 4.78 is 0. The van der Waals surface area contributed by atoms with E-state index < -0.39 is 11.6 Å².